The molecule has 0 aliphatic carbocycles. The van der Waals surface area contributed by atoms with Gasteiger partial charge in [-0.2, -0.15) is 13.2 Å². The number of ether oxygens (including phenoxy) is 1. The third-order valence-corrected chi connectivity index (χ3v) is 7.13. The highest BCUT2D eigenvalue weighted by molar-refractivity contribution is 7.16. The lowest BCUT2D eigenvalue weighted by Crippen LogP contribution is -2.39. The van der Waals surface area contributed by atoms with E-state index in [1.807, 2.05) is 0 Å². The maximum Gasteiger partial charge on any atom is 0.419 e. The van der Waals surface area contributed by atoms with E-state index in [2.05, 4.69) is 29.0 Å². The Hall–Kier alpha value is -3.11. The summed E-state index contributed by atoms with van der Waals surface area (Å²) in [5.41, 5.74) is 0.291. The van der Waals surface area contributed by atoms with Crippen molar-refractivity contribution in [2.45, 2.75) is 39.4 Å². The molecule has 192 valence electrons. The molecular weight excluding hydrogens is 491 g/mol. The molecule has 1 aliphatic rings. The van der Waals surface area contributed by atoms with Gasteiger partial charge >= 0.3 is 6.18 Å². The number of phenols is 1. The SMILES string of the molecule is COc1ccc(-c2nc(NC(=O)c3ccc(O)cc3)sc2CN2CCCC(C)(C)C2)cc1C(F)(F)F. The Labute approximate surface area is 211 Å². The molecule has 1 saturated heterocycles. The Bertz CT molecular complexity index is 1240. The van der Waals surface area contributed by atoms with E-state index in [9.17, 15) is 23.1 Å². The van der Waals surface area contributed by atoms with E-state index >= 15 is 0 Å². The summed E-state index contributed by atoms with van der Waals surface area (Å²) in [6.45, 7) is 6.66. The molecule has 3 aromatic rings. The fourth-order valence-electron chi connectivity index (χ4n) is 4.48. The molecule has 36 heavy (non-hydrogen) atoms. The number of hydrogen-bond acceptors (Lipinski definition) is 6. The number of aromatic hydroxyl groups is 1. The molecule has 4 rings (SSSR count). The molecule has 2 heterocycles. The molecule has 2 aromatic carbocycles. The summed E-state index contributed by atoms with van der Waals surface area (Å²) in [5, 5.41) is 12.5. The molecule has 0 radical (unpaired) electrons. The first-order valence-electron chi connectivity index (χ1n) is 11.5. The zero-order valence-electron chi connectivity index (χ0n) is 20.3. The second kappa shape index (κ2) is 10.1. The van der Waals surface area contributed by atoms with Gasteiger partial charge in [0.15, 0.2) is 5.13 Å². The molecule has 1 aliphatic heterocycles. The molecule has 0 atom stereocenters. The number of likely N-dealkylation sites (tertiary alicyclic amines) is 1. The van der Waals surface area contributed by atoms with Gasteiger partial charge in [0.2, 0.25) is 0 Å². The van der Waals surface area contributed by atoms with Crippen molar-refractivity contribution >= 4 is 22.4 Å². The number of rotatable bonds is 6. The molecule has 1 aromatic heterocycles. The maximum atomic E-state index is 13.7. The van der Waals surface area contributed by atoms with Crippen LogP contribution in [0.1, 0.15) is 47.5 Å². The first-order valence-corrected chi connectivity index (χ1v) is 12.3. The molecule has 1 fully saturated rings. The minimum Gasteiger partial charge on any atom is -0.508 e. The van der Waals surface area contributed by atoms with Crippen molar-refractivity contribution in [3.63, 3.8) is 0 Å². The number of anilines is 1. The number of carbonyl (C=O) groups is 1. The predicted octanol–water partition coefficient (Wildman–Crippen LogP) is 6.42. The molecule has 0 spiro atoms. The number of hydrogen-bond donors (Lipinski definition) is 2. The summed E-state index contributed by atoms with van der Waals surface area (Å²) in [6.07, 6.45) is -2.45. The number of alkyl halides is 3. The fourth-order valence-corrected chi connectivity index (χ4v) is 5.50. The third kappa shape index (κ3) is 5.99. The van der Waals surface area contributed by atoms with Crippen LogP contribution in [0.5, 0.6) is 11.5 Å². The van der Waals surface area contributed by atoms with Crippen molar-refractivity contribution in [1.29, 1.82) is 0 Å². The maximum absolute atomic E-state index is 13.7. The van der Waals surface area contributed by atoms with Gasteiger partial charge in [-0.15, -0.1) is 0 Å². The number of phenolic OH excluding ortho intramolecular Hbond substituents is 1. The fraction of sp³-hybridized carbons (Fsp3) is 0.385. The van der Waals surface area contributed by atoms with Crippen LogP contribution in [0.4, 0.5) is 18.3 Å². The zero-order valence-corrected chi connectivity index (χ0v) is 21.1. The lowest BCUT2D eigenvalue weighted by Gasteiger charge is -2.37. The van der Waals surface area contributed by atoms with E-state index in [-0.39, 0.29) is 16.9 Å². The number of nitrogens with zero attached hydrogens (tertiary/aromatic N) is 2. The van der Waals surface area contributed by atoms with E-state index < -0.39 is 17.6 Å². The minimum absolute atomic E-state index is 0.0369. The van der Waals surface area contributed by atoms with E-state index in [1.165, 1.54) is 48.8 Å². The van der Waals surface area contributed by atoms with Crippen LogP contribution in [0, 0.1) is 5.41 Å². The van der Waals surface area contributed by atoms with Crippen LogP contribution in [-0.2, 0) is 12.7 Å². The smallest absolute Gasteiger partial charge is 0.419 e. The molecule has 10 heteroatoms. The number of benzene rings is 2. The van der Waals surface area contributed by atoms with Crippen LogP contribution in [0.25, 0.3) is 11.3 Å². The number of piperidine rings is 1. The van der Waals surface area contributed by atoms with Crippen LogP contribution < -0.4 is 10.1 Å². The van der Waals surface area contributed by atoms with Crippen molar-refractivity contribution in [2.24, 2.45) is 5.41 Å². The highest BCUT2D eigenvalue weighted by Gasteiger charge is 2.35. The lowest BCUT2D eigenvalue weighted by molar-refractivity contribution is -0.138. The van der Waals surface area contributed by atoms with E-state index in [1.54, 1.807) is 6.07 Å². The molecule has 1 amide bonds. The number of halogens is 3. The van der Waals surface area contributed by atoms with Gasteiger partial charge in [-0.25, -0.2) is 4.98 Å². The van der Waals surface area contributed by atoms with Crippen molar-refractivity contribution in [3.05, 3.63) is 58.5 Å². The summed E-state index contributed by atoms with van der Waals surface area (Å²) in [5.74, 6) is -0.650. The summed E-state index contributed by atoms with van der Waals surface area (Å²) in [6, 6.07) is 9.66. The number of carbonyl (C=O) groups excluding carboxylic acids is 1. The highest BCUT2D eigenvalue weighted by Crippen LogP contribution is 2.41. The first-order chi connectivity index (χ1) is 16.9. The number of aromatic nitrogens is 1. The first kappa shape index (κ1) is 26.0. The van der Waals surface area contributed by atoms with Crippen LogP contribution in [0.3, 0.4) is 0 Å². The topological polar surface area (TPSA) is 74.7 Å². The average molecular weight is 520 g/mol. The molecular formula is C26H28F3N3O3S. The monoisotopic (exact) mass is 519 g/mol. The molecule has 0 saturated carbocycles. The Kier molecular flexibility index (Phi) is 7.28. The summed E-state index contributed by atoms with van der Waals surface area (Å²) < 4.78 is 46.0. The van der Waals surface area contributed by atoms with Gasteiger partial charge < -0.3 is 9.84 Å². The molecule has 0 bridgehead atoms. The zero-order chi connectivity index (χ0) is 26.1. The largest absolute Gasteiger partial charge is 0.508 e. The van der Waals surface area contributed by atoms with Crippen molar-refractivity contribution in [2.75, 3.05) is 25.5 Å². The summed E-state index contributed by atoms with van der Waals surface area (Å²) in [7, 11) is 1.20. The van der Waals surface area contributed by atoms with Gasteiger partial charge in [-0.3, -0.25) is 15.0 Å². The summed E-state index contributed by atoms with van der Waals surface area (Å²) in [4.78, 5) is 20.3. The van der Waals surface area contributed by atoms with Gasteiger partial charge in [-0.1, -0.05) is 25.2 Å². The minimum atomic E-state index is -4.59. The van der Waals surface area contributed by atoms with E-state index in [0.717, 1.165) is 36.9 Å². The number of methoxy groups -OCH3 is 1. The third-order valence-electron chi connectivity index (χ3n) is 6.17. The standard InChI is InChI=1S/C26H28F3N3O3S/c1-25(2)11-4-12-32(15-25)14-21-22(17-7-10-20(35-3)19(13-17)26(27,28)29)30-24(36-21)31-23(34)16-5-8-18(33)9-6-16/h5-10,13,33H,4,11-12,14-15H2,1-3H3,(H,30,31,34). The Morgan fingerprint density at radius 2 is 1.94 bits per heavy atom. The summed E-state index contributed by atoms with van der Waals surface area (Å²) >= 11 is 1.25. The average Bonchev–Trinajstić information content (AvgIpc) is 3.19. The van der Waals surface area contributed by atoms with Gasteiger partial charge in [0.05, 0.1) is 18.4 Å². The lowest BCUT2D eigenvalue weighted by atomic mass is 9.84. The quantitative estimate of drug-likeness (QED) is 0.393. The van der Waals surface area contributed by atoms with Crippen molar-refractivity contribution in [3.8, 4) is 22.8 Å². The number of amides is 1. The van der Waals surface area contributed by atoms with Crippen LogP contribution >= 0.6 is 11.3 Å². The van der Waals surface area contributed by atoms with Crippen LogP contribution in [-0.4, -0.2) is 41.1 Å². The van der Waals surface area contributed by atoms with Gasteiger partial charge in [-0.05, 0) is 67.3 Å². The van der Waals surface area contributed by atoms with Gasteiger partial charge in [0.1, 0.15) is 11.5 Å². The molecule has 0 unspecified atom stereocenters. The molecule has 6 nitrogen and oxygen atoms in total. The van der Waals surface area contributed by atoms with Crippen molar-refractivity contribution < 1.29 is 27.8 Å². The number of thiazole rings is 1. The van der Waals surface area contributed by atoms with Crippen molar-refractivity contribution in [1.82, 2.24) is 9.88 Å². The normalized spacial score (nSPS) is 16.1. The number of nitrogens with one attached hydrogen (secondary N) is 1. The second-order valence-corrected chi connectivity index (χ2v) is 10.8. The Morgan fingerprint density at radius 1 is 1.22 bits per heavy atom. The van der Waals surface area contributed by atoms with Gasteiger partial charge in [0, 0.05) is 29.1 Å². The van der Waals surface area contributed by atoms with E-state index in [4.69, 9.17) is 4.74 Å². The van der Waals surface area contributed by atoms with E-state index in [0.29, 0.717) is 28.5 Å². The Morgan fingerprint density at radius 3 is 2.58 bits per heavy atom. The highest BCUT2D eigenvalue weighted by atomic mass is 32.1. The Balaban J connectivity index is 1.70. The van der Waals surface area contributed by atoms with Crippen LogP contribution in [0.2, 0.25) is 0 Å². The van der Waals surface area contributed by atoms with Gasteiger partial charge in [0.25, 0.3) is 5.91 Å². The predicted molar refractivity (Wildman–Crippen MR) is 133 cm³/mol. The second-order valence-electron chi connectivity index (χ2n) is 9.68. The van der Waals surface area contributed by atoms with Crippen LogP contribution in [0.15, 0.2) is 42.5 Å². The molecule has 2 N–H and O–H groups in total.